The fraction of sp³-hybridized carbons (Fsp3) is 0.289. The van der Waals surface area contributed by atoms with E-state index in [0.717, 1.165) is 12.8 Å². The molecule has 20 nitrogen and oxygen atoms in total. The van der Waals surface area contributed by atoms with Gasteiger partial charge in [-0.05, 0) is 154 Å². The predicted octanol–water partition coefficient (Wildman–Crippen LogP) is 16.5. The van der Waals surface area contributed by atoms with Gasteiger partial charge in [0.1, 0.15) is 17.9 Å². The highest BCUT2D eigenvalue weighted by molar-refractivity contribution is 6.05. The number of Topliss-reactive ketones (excluding diaryl/α,β-unsaturated/α-hetero) is 1. The Hall–Kier alpha value is -12.2. The number of aromatic nitrogens is 8. The zero-order valence-corrected chi connectivity index (χ0v) is 66.0. The number of aliphatic hydroxyl groups excluding tert-OH is 2. The van der Waals surface area contributed by atoms with Gasteiger partial charge < -0.3 is 50.8 Å². The summed E-state index contributed by atoms with van der Waals surface area (Å²) < 4.78 is 181. The topological polar surface area (TPSA) is 290 Å². The Morgan fingerprint density at radius 2 is 0.902 bits per heavy atom. The number of aliphatic hydroxyl groups is 6. The van der Waals surface area contributed by atoms with Gasteiger partial charge in [0.2, 0.25) is 28.3 Å². The van der Waals surface area contributed by atoms with E-state index in [9.17, 15) is 97.7 Å². The number of amides is 2. The van der Waals surface area contributed by atoms with E-state index in [4.69, 9.17) is 10.5 Å². The second-order valence-electron chi connectivity index (χ2n) is 31.4. The van der Waals surface area contributed by atoms with Crippen molar-refractivity contribution in [3.05, 3.63) is 263 Å². The summed E-state index contributed by atoms with van der Waals surface area (Å²) in [5, 5.41) is 75.8. The molecule has 4 atom stereocenters. The summed E-state index contributed by atoms with van der Waals surface area (Å²) in [5.41, 5.74) is -3.88. The first-order valence-electron chi connectivity index (χ1n) is 38.7. The van der Waals surface area contributed by atoms with Gasteiger partial charge in [0.15, 0.2) is 0 Å². The summed E-state index contributed by atoms with van der Waals surface area (Å²) in [5.74, 6) is -1.07. The van der Waals surface area contributed by atoms with Crippen LogP contribution in [0.25, 0.3) is 89.0 Å². The van der Waals surface area contributed by atoms with Crippen LogP contribution in [0.15, 0.2) is 201 Å². The quantitative estimate of drug-likeness (QED) is 0.0350. The molecule has 12 aromatic rings. The number of nitrogens with two attached hydrogens (primary N) is 1. The van der Waals surface area contributed by atoms with Gasteiger partial charge in [0.05, 0.1) is 45.0 Å². The fourth-order valence-electron chi connectivity index (χ4n) is 16.7. The summed E-state index contributed by atoms with van der Waals surface area (Å²) in [4.78, 5) is 46.0. The Morgan fingerprint density at radius 3 is 1.37 bits per heavy atom. The Morgan fingerprint density at radius 1 is 0.475 bits per heavy atom. The van der Waals surface area contributed by atoms with E-state index in [2.05, 4.69) is 46.0 Å². The number of nitrogens with zero attached hydrogens (tertiary/aromatic N) is 9. The number of carbonyl (C=O) groups is 3. The van der Waals surface area contributed by atoms with Crippen LogP contribution in [0.1, 0.15) is 131 Å². The van der Waals surface area contributed by atoms with Crippen LogP contribution in [0.4, 0.5) is 52.7 Å². The van der Waals surface area contributed by atoms with Crippen molar-refractivity contribution >= 4 is 17.6 Å². The number of ketones is 1. The second-order valence-corrected chi connectivity index (χ2v) is 31.4. The molecule has 4 unspecified atom stereocenters. The Bertz CT molecular complexity index is 6030. The van der Waals surface area contributed by atoms with Crippen molar-refractivity contribution in [2.24, 2.45) is 11.1 Å². The molecule has 0 saturated carbocycles. The lowest BCUT2D eigenvalue weighted by atomic mass is 9.87. The molecule has 5 aliphatic rings. The van der Waals surface area contributed by atoms with E-state index in [1.807, 2.05) is 6.92 Å². The number of hydrogen-bond acceptors (Lipinski definition) is 15. The van der Waals surface area contributed by atoms with Crippen molar-refractivity contribution < 1.29 is 102 Å². The van der Waals surface area contributed by atoms with Gasteiger partial charge in [-0.2, -0.15) is 68.0 Å². The van der Waals surface area contributed by atoms with Crippen LogP contribution in [-0.4, -0.2) is 143 Å². The van der Waals surface area contributed by atoms with Crippen LogP contribution in [0, 0.1) is 5.41 Å². The third-order valence-electron chi connectivity index (χ3n) is 22.2. The summed E-state index contributed by atoms with van der Waals surface area (Å²) >= 11 is 0. The number of fused-ring (bicyclic) bond motifs is 12. The van der Waals surface area contributed by atoms with Crippen molar-refractivity contribution in [1.82, 2.24) is 44.2 Å². The van der Waals surface area contributed by atoms with Crippen molar-refractivity contribution in [2.45, 2.75) is 134 Å². The summed E-state index contributed by atoms with van der Waals surface area (Å²) in [6.45, 7) is 11.6. The van der Waals surface area contributed by atoms with Gasteiger partial charge >= 0.3 is 24.7 Å². The normalized spacial score (nSPS) is 18.3. The Labute approximate surface area is 689 Å². The van der Waals surface area contributed by atoms with E-state index in [-0.39, 0.29) is 132 Å². The van der Waals surface area contributed by atoms with Crippen LogP contribution >= 0.6 is 0 Å². The van der Waals surface area contributed by atoms with Crippen molar-refractivity contribution in [3.8, 4) is 94.8 Å². The Balaban J connectivity index is 0.000000133. The van der Waals surface area contributed by atoms with Gasteiger partial charge in [-0.3, -0.25) is 23.6 Å². The van der Waals surface area contributed by atoms with E-state index < -0.39 is 65.2 Å². The first kappa shape index (κ1) is 86.2. The SMILES string of the molecule is CC(=O)CCCOc1cc(-c2cncnc2)c2c(c1)C(O)(C(F)(F)F)c1ccccc1-2.CC(C)(C)Cn1cc(-c2cc(CO)c3c(c2)C(O)(C(F)(F)F)c2ccccc2-3)cn1.CCn1cc(-c2cc(C(N)=O)c3c(c2)C(O)(C(F)(F)F)c2ccccc2-3)cn1.O=C(c1cc(-c2cnn(CCO)c2)c2c(c1)C(O)(C(F)(F)F)c1ccccc1-2)N1CCCC1. The molecule has 1 saturated heterocycles. The number of carbonyl (C=O) groups excluding carboxylic acids is 3. The summed E-state index contributed by atoms with van der Waals surface area (Å²) in [6.07, 6.45) is -3.52. The first-order chi connectivity index (χ1) is 57.6. The molecule has 8 N–H and O–H groups in total. The smallest absolute Gasteiger partial charge is 0.425 e. The molecule has 1 fully saturated rings. The van der Waals surface area contributed by atoms with E-state index >= 15 is 0 Å². The van der Waals surface area contributed by atoms with E-state index in [1.54, 1.807) is 93.6 Å². The predicted molar refractivity (Wildman–Crippen MR) is 426 cm³/mol. The molecule has 8 aromatic carbocycles. The van der Waals surface area contributed by atoms with Gasteiger partial charge in [-0.15, -0.1) is 0 Å². The number of primary amides is 1. The molecule has 4 aliphatic carbocycles. The largest absolute Gasteiger partial charge is 0.494 e. The van der Waals surface area contributed by atoms with Crippen molar-refractivity contribution in [2.75, 3.05) is 26.3 Å². The molecule has 0 spiro atoms. The lowest BCUT2D eigenvalue weighted by Crippen LogP contribution is -2.41. The summed E-state index contributed by atoms with van der Waals surface area (Å²) in [6, 6.07) is 34.7. The maximum atomic E-state index is 14.4. The molecule has 5 heterocycles. The molecule has 122 heavy (non-hydrogen) atoms. The number of ether oxygens (including phenoxy) is 1. The highest BCUT2D eigenvalue weighted by Gasteiger charge is 2.65. The zero-order valence-electron chi connectivity index (χ0n) is 66.0. The minimum Gasteiger partial charge on any atom is -0.494 e. The minimum atomic E-state index is -5.00. The van der Waals surface area contributed by atoms with Crippen LogP contribution in [0.3, 0.4) is 0 Å². The first-order valence-corrected chi connectivity index (χ1v) is 38.7. The molecule has 634 valence electrons. The third kappa shape index (κ3) is 15.2. The van der Waals surface area contributed by atoms with E-state index in [1.165, 1.54) is 134 Å². The van der Waals surface area contributed by atoms with Crippen molar-refractivity contribution in [1.29, 1.82) is 0 Å². The number of alkyl halides is 12. The highest BCUT2D eigenvalue weighted by Crippen LogP contribution is 2.62. The number of likely N-dealkylation sites (tertiary alicyclic amines) is 1. The average molecular weight is 1690 g/mol. The number of rotatable bonds is 16. The number of hydrogen-bond donors (Lipinski definition) is 7. The van der Waals surface area contributed by atoms with Gasteiger partial charge in [0, 0.05) is 147 Å². The lowest BCUT2D eigenvalue weighted by Gasteiger charge is -2.29. The monoisotopic (exact) mass is 1690 g/mol. The van der Waals surface area contributed by atoms with Crippen LogP contribution in [-0.2, 0) is 53.4 Å². The van der Waals surface area contributed by atoms with Gasteiger partial charge in [0.25, 0.3) is 5.91 Å². The maximum absolute atomic E-state index is 14.4. The molecule has 4 aromatic heterocycles. The maximum Gasteiger partial charge on any atom is 0.425 e. The molecule has 0 radical (unpaired) electrons. The fourth-order valence-corrected chi connectivity index (χ4v) is 16.7. The molecule has 2 amide bonds. The zero-order chi connectivity index (χ0) is 87.8. The number of benzene rings is 8. The third-order valence-corrected chi connectivity index (χ3v) is 22.2. The molecular formula is C90H80F12N10O10. The molecule has 0 bridgehead atoms. The van der Waals surface area contributed by atoms with Crippen LogP contribution in [0.2, 0.25) is 0 Å². The van der Waals surface area contributed by atoms with Gasteiger partial charge in [-0.25, -0.2) is 9.97 Å². The van der Waals surface area contributed by atoms with Crippen LogP contribution < -0.4 is 10.5 Å². The molecule has 32 heteroatoms. The van der Waals surface area contributed by atoms with Crippen molar-refractivity contribution in [3.63, 3.8) is 0 Å². The molecular weight excluding hydrogens is 1610 g/mol. The summed E-state index contributed by atoms with van der Waals surface area (Å²) in [7, 11) is 0. The number of aryl methyl sites for hydroxylation is 1. The molecule has 1 aliphatic heterocycles. The number of halogens is 12. The minimum absolute atomic E-state index is 0.00146. The van der Waals surface area contributed by atoms with Crippen LogP contribution in [0.5, 0.6) is 5.75 Å². The lowest BCUT2D eigenvalue weighted by molar-refractivity contribution is -0.247. The second kappa shape index (κ2) is 32.3. The molecule has 17 rings (SSSR count). The average Bonchev–Trinajstić information content (AvgIpc) is 1.56. The van der Waals surface area contributed by atoms with E-state index in [0.29, 0.717) is 94.7 Å². The highest BCUT2D eigenvalue weighted by atomic mass is 19.4. The Kier molecular flexibility index (Phi) is 22.8. The van der Waals surface area contributed by atoms with Gasteiger partial charge in [-0.1, -0.05) is 118 Å². The standard InChI is InChI=1S/C24H22F3N3O3.C23H19F3N2O3.C23H23F3N2O2.C20H16F3N3O2/c25-24(26,27)23(33)19-6-2-1-5-17(19)21-18(16-13-28-30(14-16)9-10-31)11-15(12-20(21)23)22(32)29-7-3-4-8-29;1-14(29)5-4-8-31-16-9-18(15-11-27-13-28-12-15)21-17-6-2-3-7-19(17)22(30,20(21)10-16)23(24,25)26;1-21(2,3)13-28-11-16(10-27-28)14-8-15(12-29)20-17-6-4-5-7-18(17)22(30,19(20)9-14)23(24,25)26;1-2-26-10-12(9-25-26)11-7-14(18(24)27)17-13-5-3-4-6-15(13)19(28,16(17)8-11)20(21,22)23/h1-2,5-6,11-14,31,33H,3-4,7-10H2;2-3,6-7,9-13,30H,4-5,8H2,1H3;4-11,29-30H,12-13H2,1-3H3;3-10,28H,2H2,1H3,(H2,24,27).